The maximum Gasteiger partial charge on any atom is 0.313 e. The number of nitrogens with zero attached hydrogens (tertiary/aromatic N) is 2. The lowest BCUT2D eigenvalue weighted by Gasteiger charge is -2.39. The van der Waals surface area contributed by atoms with Gasteiger partial charge in [0.15, 0.2) is 0 Å². The summed E-state index contributed by atoms with van der Waals surface area (Å²) >= 11 is 0. The van der Waals surface area contributed by atoms with Crippen molar-refractivity contribution in [1.82, 2.24) is 15.1 Å². The third-order valence-electron chi connectivity index (χ3n) is 8.18. The van der Waals surface area contributed by atoms with Crippen LogP contribution in [0.5, 0.6) is 0 Å². The molecule has 10 nitrogen and oxygen atoms in total. The number of nitrogens with one attached hydrogen (secondary N) is 1. The third kappa shape index (κ3) is 5.63. The Morgan fingerprint density at radius 1 is 1.18 bits per heavy atom. The van der Waals surface area contributed by atoms with Gasteiger partial charge in [0.1, 0.15) is 23.7 Å². The molecule has 2 N–H and O–H groups in total. The highest BCUT2D eigenvalue weighted by Crippen LogP contribution is 2.53. The second-order valence-electron chi connectivity index (χ2n) is 11.6. The number of fused-ring (bicyclic) bond motifs is 2. The van der Waals surface area contributed by atoms with E-state index in [1.54, 1.807) is 30.1 Å². The van der Waals surface area contributed by atoms with Crippen LogP contribution < -0.4 is 5.32 Å². The van der Waals surface area contributed by atoms with Crippen LogP contribution in [0.25, 0.3) is 0 Å². The second-order valence-corrected chi connectivity index (χ2v) is 11.6. The summed E-state index contributed by atoms with van der Waals surface area (Å²) in [5.41, 5.74) is -1.38. The van der Waals surface area contributed by atoms with Gasteiger partial charge in [0, 0.05) is 19.5 Å². The van der Waals surface area contributed by atoms with Gasteiger partial charge >= 0.3 is 5.97 Å². The number of hydrogen-bond acceptors (Lipinski definition) is 7. The molecular formula is C29H43N3O7. The standard InChI is InChI=1S/C29H43N3O7/c1-5-6-13-31-14-9-12-29-24(26(35)32(25(29)27(31)36)20(17-33)15-18(2)3)23-21(39-29)10-7-8-11-22(34)30-16-19(4)38-28(23)37/h7,9-10,12,18-21,23-25,33H,5-6,8,11,13-17H2,1-4H3,(H,30,34)/b10-7-/t19-,20+,21-,23+,24+,25-,29+/m0/s1. The molecule has 7 atom stereocenters. The Balaban J connectivity index is 1.81. The SMILES string of the molecule is CCCCN1CC=C[C@@]23O[C@H]4/C=C\CCC(=O)NC[C@H](C)OC(=O)[C@H]4[C@@H]2C(=O)N([C@@H](CO)CC(C)C)[C@H]3C1=O. The molecule has 4 rings (SSSR count). The molecule has 0 saturated carbocycles. The molecule has 39 heavy (non-hydrogen) atoms. The van der Waals surface area contributed by atoms with Gasteiger partial charge in [-0.1, -0.05) is 51.5 Å². The fourth-order valence-corrected chi connectivity index (χ4v) is 6.41. The number of likely N-dealkylation sites (tertiary alicyclic amines) is 1. The average Bonchev–Trinajstić information content (AvgIpc) is 3.28. The first-order valence-corrected chi connectivity index (χ1v) is 14.4. The quantitative estimate of drug-likeness (QED) is 0.367. The number of esters is 1. The molecule has 0 aromatic heterocycles. The van der Waals surface area contributed by atoms with Crippen LogP contribution in [0.1, 0.15) is 59.8 Å². The van der Waals surface area contributed by atoms with E-state index in [0.717, 1.165) is 12.8 Å². The number of cyclic esters (lactones) is 1. The van der Waals surface area contributed by atoms with Gasteiger partial charge < -0.3 is 29.7 Å². The van der Waals surface area contributed by atoms with Crippen molar-refractivity contribution in [2.24, 2.45) is 17.8 Å². The number of ether oxygens (including phenoxy) is 2. The van der Waals surface area contributed by atoms with Crippen molar-refractivity contribution in [1.29, 1.82) is 0 Å². The molecule has 4 aliphatic heterocycles. The molecule has 0 bridgehead atoms. The first kappa shape index (κ1) is 29.3. The van der Waals surface area contributed by atoms with Crippen LogP contribution in [-0.2, 0) is 28.7 Å². The molecule has 2 fully saturated rings. The summed E-state index contributed by atoms with van der Waals surface area (Å²) < 4.78 is 12.4. The van der Waals surface area contributed by atoms with Crippen LogP contribution in [-0.4, -0.2) is 94.7 Å². The van der Waals surface area contributed by atoms with Crippen LogP contribution >= 0.6 is 0 Å². The van der Waals surface area contributed by atoms with E-state index in [1.807, 2.05) is 19.9 Å². The Bertz CT molecular complexity index is 1010. The summed E-state index contributed by atoms with van der Waals surface area (Å²) in [5.74, 6) is -3.14. The van der Waals surface area contributed by atoms with E-state index >= 15 is 0 Å². The number of rotatable bonds is 7. The molecule has 10 heteroatoms. The fourth-order valence-electron chi connectivity index (χ4n) is 6.41. The Kier molecular flexibility index (Phi) is 9.16. The predicted octanol–water partition coefficient (Wildman–Crippen LogP) is 1.57. The molecule has 0 radical (unpaired) electrons. The van der Waals surface area contributed by atoms with Crippen LogP contribution in [0.15, 0.2) is 24.3 Å². The average molecular weight is 546 g/mol. The summed E-state index contributed by atoms with van der Waals surface area (Å²) in [4.78, 5) is 57.6. The zero-order valence-electron chi connectivity index (χ0n) is 23.5. The van der Waals surface area contributed by atoms with Crippen molar-refractivity contribution in [2.75, 3.05) is 26.2 Å². The van der Waals surface area contributed by atoms with E-state index < -0.39 is 47.7 Å². The molecule has 3 amide bonds. The van der Waals surface area contributed by atoms with Gasteiger partial charge in [-0.15, -0.1) is 0 Å². The Hall–Kier alpha value is -2.72. The van der Waals surface area contributed by atoms with Crippen LogP contribution in [0.4, 0.5) is 0 Å². The minimum atomic E-state index is -1.38. The van der Waals surface area contributed by atoms with Crippen molar-refractivity contribution >= 4 is 23.7 Å². The summed E-state index contributed by atoms with van der Waals surface area (Å²) in [6.45, 7) is 8.54. The molecule has 4 aliphatic rings. The van der Waals surface area contributed by atoms with E-state index in [4.69, 9.17) is 9.47 Å². The first-order chi connectivity index (χ1) is 18.6. The number of unbranched alkanes of at least 4 members (excludes halogenated alkanes) is 1. The summed E-state index contributed by atoms with van der Waals surface area (Å²) in [5, 5.41) is 13.2. The maximum absolute atomic E-state index is 14.3. The lowest BCUT2D eigenvalue weighted by atomic mass is 9.78. The summed E-state index contributed by atoms with van der Waals surface area (Å²) in [6, 6.07) is -1.60. The molecule has 1 spiro atoms. The van der Waals surface area contributed by atoms with Gasteiger partial charge in [0.05, 0.1) is 31.2 Å². The van der Waals surface area contributed by atoms with Gasteiger partial charge in [-0.2, -0.15) is 0 Å². The van der Waals surface area contributed by atoms with Gasteiger partial charge in [-0.25, -0.2) is 0 Å². The largest absolute Gasteiger partial charge is 0.460 e. The van der Waals surface area contributed by atoms with Crippen molar-refractivity contribution in [3.63, 3.8) is 0 Å². The number of carbonyl (C=O) groups excluding carboxylic acids is 4. The normalized spacial score (nSPS) is 34.9. The first-order valence-electron chi connectivity index (χ1n) is 14.4. The van der Waals surface area contributed by atoms with Gasteiger partial charge in [0.2, 0.25) is 17.7 Å². The van der Waals surface area contributed by atoms with Crippen LogP contribution in [0, 0.1) is 17.8 Å². The number of allylic oxidation sites excluding steroid dienone is 1. The highest BCUT2D eigenvalue weighted by molar-refractivity contribution is 5.99. The molecule has 0 aliphatic carbocycles. The van der Waals surface area contributed by atoms with E-state index in [-0.39, 0.29) is 43.2 Å². The maximum atomic E-state index is 14.3. The lowest BCUT2D eigenvalue weighted by molar-refractivity contribution is -0.159. The molecular weight excluding hydrogens is 502 g/mol. The summed E-state index contributed by atoms with van der Waals surface area (Å²) in [6.07, 6.45) is 8.72. The lowest BCUT2D eigenvalue weighted by Crippen LogP contribution is -2.58. The van der Waals surface area contributed by atoms with E-state index in [9.17, 15) is 24.3 Å². The minimum Gasteiger partial charge on any atom is -0.460 e. The van der Waals surface area contributed by atoms with Crippen molar-refractivity contribution < 1.29 is 33.8 Å². The number of hydrogen-bond donors (Lipinski definition) is 2. The van der Waals surface area contributed by atoms with Gasteiger partial charge in [0.25, 0.3) is 0 Å². The highest BCUT2D eigenvalue weighted by Gasteiger charge is 2.72. The predicted molar refractivity (Wildman–Crippen MR) is 143 cm³/mol. The Labute approximate surface area is 230 Å². The zero-order valence-corrected chi connectivity index (χ0v) is 23.5. The van der Waals surface area contributed by atoms with E-state index in [2.05, 4.69) is 12.2 Å². The highest BCUT2D eigenvalue weighted by atomic mass is 16.6. The number of aliphatic hydroxyl groups is 1. The molecule has 216 valence electrons. The topological polar surface area (TPSA) is 125 Å². The fraction of sp³-hybridized carbons (Fsp3) is 0.724. The number of amides is 3. The Morgan fingerprint density at radius 3 is 2.64 bits per heavy atom. The Morgan fingerprint density at radius 2 is 1.95 bits per heavy atom. The third-order valence-corrected chi connectivity index (χ3v) is 8.18. The number of carbonyl (C=O) groups is 4. The second kappa shape index (κ2) is 12.2. The number of aliphatic hydroxyl groups excluding tert-OH is 1. The molecule has 0 unspecified atom stereocenters. The smallest absolute Gasteiger partial charge is 0.313 e. The van der Waals surface area contributed by atoms with Gasteiger partial charge in [-0.3, -0.25) is 19.2 Å². The molecule has 0 aromatic rings. The van der Waals surface area contributed by atoms with Crippen LogP contribution in [0.3, 0.4) is 0 Å². The van der Waals surface area contributed by atoms with E-state index in [0.29, 0.717) is 25.9 Å². The monoisotopic (exact) mass is 545 g/mol. The molecule has 2 saturated heterocycles. The minimum absolute atomic E-state index is 0.141. The van der Waals surface area contributed by atoms with Gasteiger partial charge in [-0.05, 0) is 32.1 Å². The van der Waals surface area contributed by atoms with Crippen molar-refractivity contribution in [3.05, 3.63) is 24.3 Å². The van der Waals surface area contributed by atoms with E-state index in [1.165, 1.54) is 4.90 Å². The summed E-state index contributed by atoms with van der Waals surface area (Å²) in [7, 11) is 0. The van der Waals surface area contributed by atoms with Crippen molar-refractivity contribution in [2.45, 2.75) is 89.7 Å². The molecule has 4 heterocycles. The van der Waals surface area contributed by atoms with Crippen LogP contribution in [0.2, 0.25) is 0 Å². The zero-order chi connectivity index (χ0) is 28.3. The molecule has 0 aromatic carbocycles. The van der Waals surface area contributed by atoms with Crippen molar-refractivity contribution in [3.8, 4) is 0 Å².